The van der Waals surface area contributed by atoms with Gasteiger partial charge in [0, 0.05) is 24.4 Å². The van der Waals surface area contributed by atoms with Crippen molar-refractivity contribution >= 4 is 23.6 Å². The number of furan rings is 1. The van der Waals surface area contributed by atoms with Crippen LogP contribution >= 0.6 is 0 Å². The molecule has 0 atom stereocenters. The summed E-state index contributed by atoms with van der Waals surface area (Å²) in [4.78, 5) is 29.0. The van der Waals surface area contributed by atoms with Gasteiger partial charge >= 0.3 is 0 Å². The minimum Gasteiger partial charge on any atom is -0.467 e. The molecule has 6 nitrogen and oxygen atoms in total. The summed E-state index contributed by atoms with van der Waals surface area (Å²) in [5.41, 5.74) is 2.64. The van der Waals surface area contributed by atoms with Crippen LogP contribution in [0, 0.1) is 11.3 Å². The Morgan fingerprint density at radius 3 is 2.34 bits per heavy atom. The number of rotatable bonds is 6. The second-order valence-corrected chi connectivity index (χ2v) is 6.71. The lowest BCUT2D eigenvalue weighted by Crippen LogP contribution is -2.42. The number of amides is 2. The summed E-state index contributed by atoms with van der Waals surface area (Å²) in [6.45, 7) is 7.64. The van der Waals surface area contributed by atoms with Crippen LogP contribution in [0.5, 0.6) is 0 Å². The number of nitrogens with zero attached hydrogens (tertiary/aromatic N) is 3. The first-order chi connectivity index (χ1) is 14.0. The maximum absolute atomic E-state index is 13.0. The Labute approximate surface area is 170 Å². The fraction of sp³-hybridized carbons (Fsp3) is 0.261. The molecule has 2 heterocycles. The van der Waals surface area contributed by atoms with Crippen LogP contribution in [-0.4, -0.2) is 29.8 Å². The van der Waals surface area contributed by atoms with Crippen molar-refractivity contribution in [3.05, 3.63) is 70.7 Å². The van der Waals surface area contributed by atoms with Crippen molar-refractivity contribution in [2.45, 2.75) is 27.3 Å². The predicted molar refractivity (Wildman–Crippen MR) is 111 cm³/mol. The van der Waals surface area contributed by atoms with Gasteiger partial charge in [0.15, 0.2) is 0 Å². The van der Waals surface area contributed by atoms with Gasteiger partial charge in [0.05, 0.1) is 12.8 Å². The summed E-state index contributed by atoms with van der Waals surface area (Å²) in [5.74, 6) is -0.553. The first kappa shape index (κ1) is 20.2. The number of hydrogen-bond donors (Lipinski definition) is 0. The molecular formula is C23H23N3O3. The van der Waals surface area contributed by atoms with E-state index in [2.05, 4.69) is 18.7 Å². The Kier molecular flexibility index (Phi) is 5.99. The molecule has 0 unspecified atom stereocenters. The molecule has 0 N–H and O–H groups in total. The molecule has 1 aliphatic heterocycles. The van der Waals surface area contributed by atoms with Gasteiger partial charge in [0.25, 0.3) is 11.8 Å². The zero-order valence-corrected chi connectivity index (χ0v) is 16.8. The molecule has 0 saturated heterocycles. The second-order valence-electron chi connectivity index (χ2n) is 6.71. The average molecular weight is 389 g/mol. The summed E-state index contributed by atoms with van der Waals surface area (Å²) in [6, 6.07) is 13.2. The van der Waals surface area contributed by atoms with E-state index in [0.717, 1.165) is 29.2 Å². The van der Waals surface area contributed by atoms with Gasteiger partial charge in [-0.1, -0.05) is 12.1 Å². The van der Waals surface area contributed by atoms with Crippen molar-refractivity contribution in [3.8, 4) is 6.07 Å². The Hall–Kier alpha value is -3.59. The fourth-order valence-corrected chi connectivity index (χ4v) is 3.37. The average Bonchev–Trinajstić information content (AvgIpc) is 3.24. The lowest BCUT2D eigenvalue weighted by Gasteiger charge is -2.26. The van der Waals surface area contributed by atoms with Crippen LogP contribution in [0.4, 0.5) is 5.69 Å². The molecular weight excluding hydrogens is 366 g/mol. The van der Waals surface area contributed by atoms with Crippen LogP contribution < -0.4 is 4.90 Å². The summed E-state index contributed by atoms with van der Waals surface area (Å²) in [6.07, 6.45) is 3.21. The number of nitriles is 1. The molecule has 148 valence electrons. The van der Waals surface area contributed by atoms with E-state index in [1.54, 1.807) is 25.1 Å². The summed E-state index contributed by atoms with van der Waals surface area (Å²) >= 11 is 0. The zero-order chi connectivity index (χ0) is 21.0. The number of hydrogen-bond acceptors (Lipinski definition) is 5. The van der Waals surface area contributed by atoms with Crippen molar-refractivity contribution in [2.75, 3.05) is 18.0 Å². The minimum atomic E-state index is -0.597. The Morgan fingerprint density at radius 2 is 1.79 bits per heavy atom. The maximum atomic E-state index is 13.0. The summed E-state index contributed by atoms with van der Waals surface area (Å²) in [7, 11) is 0. The SMILES string of the molecule is CCN(CC)c1ccc(/C=C2/C(=O)N(Cc3ccco3)C(=O)C(C#N)=C2C)cc1. The van der Waals surface area contributed by atoms with E-state index < -0.39 is 11.8 Å². The lowest BCUT2D eigenvalue weighted by molar-refractivity contribution is -0.141. The highest BCUT2D eigenvalue weighted by molar-refractivity contribution is 6.19. The molecule has 0 radical (unpaired) electrons. The molecule has 6 heteroatoms. The normalized spacial score (nSPS) is 15.8. The molecule has 2 aromatic rings. The molecule has 2 amide bonds. The molecule has 0 saturated carbocycles. The molecule has 1 aliphatic rings. The van der Waals surface area contributed by atoms with E-state index in [0.29, 0.717) is 16.9 Å². The van der Waals surface area contributed by atoms with E-state index in [-0.39, 0.29) is 12.1 Å². The van der Waals surface area contributed by atoms with Gasteiger partial charge in [-0.2, -0.15) is 5.26 Å². The number of benzene rings is 1. The molecule has 3 rings (SSSR count). The van der Waals surface area contributed by atoms with Crippen LogP contribution in [-0.2, 0) is 16.1 Å². The standard InChI is InChI=1S/C23H23N3O3/c1-4-25(5-2)18-10-8-17(9-11-18)13-20-16(3)21(14-24)23(28)26(22(20)27)15-19-7-6-12-29-19/h6-13H,4-5,15H2,1-3H3/b20-13+. The van der Waals surface area contributed by atoms with Gasteiger partial charge in [0.2, 0.25) is 0 Å². The van der Waals surface area contributed by atoms with Gasteiger partial charge in [-0.05, 0) is 62.2 Å². The molecule has 0 bridgehead atoms. The van der Waals surface area contributed by atoms with Crippen molar-refractivity contribution in [1.82, 2.24) is 4.90 Å². The third kappa shape index (κ3) is 3.99. The van der Waals surface area contributed by atoms with E-state index in [1.807, 2.05) is 30.3 Å². The van der Waals surface area contributed by atoms with Crippen molar-refractivity contribution in [2.24, 2.45) is 0 Å². The van der Waals surface area contributed by atoms with E-state index in [1.165, 1.54) is 6.26 Å². The predicted octanol–water partition coefficient (Wildman–Crippen LogP) is 3.92. The van der Waals surface area contributed by atoms with Gasteiger partial charge in [-0.25, -0.2) is 0 Å². The third-order valence-corrected chi connectivity index (χ3v) is 5.05. The highest BCUT2D eigenvalue weighted by Gasteiger charge is 2.35. The van der Waals surface area contributed by atoms with Crippen LogP contribution in [0.2, 0.25) is 0 Å². The van der Waals surface area contributed by atoms with Crippen molar-refractivity contribution in [3.63, 3.8) is 0 Å². The summed E-state index contributed by atoms with van der Waals surface area (Å²) in [5, 5.41) is 9.47. The van der Waals surface area contributed by atoms with E-state index in [9.17, 15) is 14.9 Å². The van der Waals surface area contributed by atoms with Crippen molar-refractivity contribution in [1.29, 1.82) is 5.26 Å². The topological polar surface area (TPSA) is 77.6 Å². The summed E-state index contributed by atoms with van der Waals surface area (Å²) < 4.78 is 5.27. The van der Waals surface area contributed by atoms with E-state index >= 15 is 0 Å². The number of carbonyl (C=O) groups is 2. The minimum absolute atomic E-state index is 0.0125. The largest absolute Gasteiger partial charge is 0.467 e. The van der Waals surface area contributed by atoms with Gasteiger partial charge in [-0.3, -0.25) is 14.5 Å². The monoisotopic (exact) mass is 389 g/mol. The highest BCUT2D eigenvalue weighted by Crippen LogP contribution is 2.28. The zero-order valence-electron chi connectivity index (χ0n) is 16.8. The number of anilines is 1. The molecule has 0 aliphatic carbocycles. The highest BCUT2D eigenvalue weighted by atomic mass is 16.3. The first-order valence-corrected chi connectivity index (χ1v) is 9.56. The fourth-order valence-electron chi connectivity index (χ4n) is 3.37. The van der Waals surface area contributed by atoms with Crippen LogP contribution in [0.3, 0.4) is 0 Å². The van der Waals surface area contributed by atoms with Crippen molar-refractivity contribution < 1.29 is 14.0 Å². The number of carbonyl (C=O) groups excluding carboxylic acids is 2. The quantitative estimate of drug-likeness (QED) is 0.553. The number of imide groups is 1. The Bertz CT molecular complexity index is 1000. The van der Waals surface area contributed by atoms with Gasteiger partial charge < -0.3 is 9.32 Å². The Balaban J connectivity index is 1.98. The van der Waals surface area contributed by atoms with Crippen LogP contribution in [0.25, 0.3) is 6.08 Å². The first-order valence-electron chi connectivity index (χ1n) is 9.56. The van der Waals surface area contributed by atoms with E-state index in [4.69, 9.17) is 4.42 Å². The third-order valence-electron chi connectivity index (χ3n) is 5.05. The second kappa shape index (κ2) is 8.61. The van der Waals surface area contributed by atoms with Crippen LogP contribution in [0.15, 0.2) is 63.8 Å². The van der Waals surface area contributed by atoms with Crippen LogP contribution in [0.1, 0.15) is 32.1 Å². The molecule has 1 aromatic carbocycles. The van der Waals surface area contributed by atoms with Gasteiger partial charge in [-0.15, -0.1) is 0 Å². The Morgan fingerprint density at radius 1 is 1.10 bits per heavy atom. The molecule has 29 heavy (non-hydrogen) atoms. The van der Waals surface area contributed by atoms with Gasteiger partial charge in [0.1, 0.15) is 17.4 Å². The molecule has 0 fully saturated rings. The lowest BCUT2D eigenvalue weighted by atomic mass is 9.93. The molecule has 0 spiro atoms. The maximum Gasteiger partial charge on any atom is 0.272 e. The molecule has 1 aromatic heterocycles. The smallest absolute Gasteiger partial charge is 0.272 e.